The molecule has 1 aliphatic heterocycles. The van der Waals surface area contributed by atoms with Crippen LogP contribution in [-0.4, -0.2) is 51.2 Å². The first-order chi connectivity index (χ1) is 18.2. The number of rotatable bonds is 5. The van der Waals surface area contributed by atoms with Crippen molar-refractivity contribution in [2.24, 2.45) is 0 Å². The number of carbonyl (C=O) groups is 2. The summed E-state index contributed by atoms with van der Waals surface area (Å²) in [5.74, 6) is -0.283. The molecule has 38 heavy (non-hydrogen) atoms. The van der Waals surface area contributed by atoms with E-state index in [0.29, 0.717) is 29.4 Å². The minimum Gasteiger partial charge on any atom is -0.339 e. The third-order valence-electron chi connectivity index (χ3n) is 6.72. The van der Waals surface area contributed by atoms with E-state index < -0.39 is 11.9 Å². The number of thioether (sulfide) groups is 1. The van der Waals surface area contributed by atoms with Crippen LogP contribution in [-0.2, 0) is 6.18 Å². The number of benzene rings is 2. The van der Waals surface area contributed by atoms with E-state index in [9.17, 15) is 22.8 Å². The quantitative estimate of drug-likeness (QED) is 0.305. The van der Waals surface area contributed by atoms with Crippen LogP contribution < -0.4 is 5.32 Å². The Morgan fingerprint density at radius 2 is 1.82 bits per heavy atom. The van der Waals surface area contributed by atoms with E-state index in [4.69, 9.17) is 0 Å². The third-order valence-corrected chi connectivity index (χ3v) is 7.43. The maximum atomic E-state index is 13.2. The number of halogens is 3. The second-order valence-electron chi connectivity index (χ2n) is 9.03. The normalized spacial score (nSPS) is 14.6. The number of nitrogens with one attached hydrogen (secondary N) is 2. The monoisotopic (exact) mass is 539 g/mol. The molecule has 2 amide bonds. The highest BCUT2D eigenvalue weighted by atomic mass is 32.2. The summed E-state index contributed by atoms with van der Waals surface area (Å²) in [5, 5.41) is 9.17. The standard InChI is InChI=1S/C27H24F3N5O2S/c1-38-25-20(3-2-12-31-25)24(36)32-19-7-4-16(5-8-19)17-10-13-35(14-11-17)26(37)18-6-9-22-21(15-18)23(34-33-22)27(28,29)30/h2-9,12,15,17H,10-11,13-14H2,1H3,(H,32,36)(H,33,34). The second-order valence-corrected chi connectivity index (χ2v) is 9.83. The lowest BCUT2D eigenvalue weighted by molar-refractivity contribution is -0.139. The Labute approximate surface area is 220 Å². The molecule has 1 saturated heterocycles. The molecule has 4 aromatic rings. The number of pyridine rings is 1. The zero-order chi connectivity index (χ0) is 26.9. The highest BCUT2D eigenvalue weighted by molar-refractivity contribution is 7.98. The largest absolute Gasteiger partial charge is 0.433 e. The summed E-state index contributed by atoms with van der Waals surface area (Å²) in [6, 6.07) is 15.3. The molecule has 0 aliphatic carbocycles. The molecular formula is C27H24F3N5O2S. The fraction of sp³-hybridized carbons (Fsp3) is 0.259. The number of piperidine rings is 1. The summed E-state index contributed by atoms with van der Waals surface area (Å²) < 4.78 is 39.7. The van der Waals surface area contributed by atoms with Gasteiger partial charge in [0.25, 0.3) is 11.8 Å². The number of fused-ring (bicyclic) bond motifs is 1. The molecule has 11 heteroatoms. The molecule has 1 aliphatic rings. The second kappa shape index (κ2) is 10.5. The van der Waals surface area contributed by atoms with Gasteiger partial charge in [0.15, 0.2) is 0 Å². The molecule has 5 rings (SSSR count). The number of aromatic nitrogens is 3. The molecule has 2 N–H and O–H groups in total. The number of hydrogen-bond donors (Lipinski definition) is 2. The predicted molar refractivity (Wildman–Crippen MR) is 139 cm³/mol. The Hall–Kier alpha value is -3.86. The average Bonchev–Trinajstić information content (AvgIpc) is 3.37. The van der Waals surface area contributed by atoms with Gasteiger partial charge in [0.1, 0.15) is 10.7 Å². The number of amides is 2. The number of nitrogens with zero attached hydrogens (tertiary/aromatic N) is 3. The van der Waals surface area contributed by atoms with E-state index in [-0.39, 0.29) is 34.2 Å². The molecule has 0 spiro atoms. The minimum absolute atomic E-state index is 0.112. The van der Waals surface area contributed by atoms with Crippen LogP contribution in [0.5, 0.6) is 0 Å². The molecule has 196 valence electrons. The first-order valence-corrected chi connectivity index (χ1v) is 13.2. The Morgan fingerprint density at radius 1 is 1.08 bits per heavy atom. The summed E-state index contributed by atoms with van der Waals surface area (Å²) in [5.41, 5.74) is 1.72. The van der Waals surface area contributed by atoms with Crippen molar-refractivity contribution in [3.8, 4) is 0 Å². The fourth-order valence-corrected chi connectivity index (χ4v) is 5.27. The van der Waals surface area contributed by atoms with Gasteiger partial charge in [-0.25, -0.2) is 4.98 Å². The van der Waals surface area contributed by atoms with Crippen molar-refractivity contribution in [3.05, 3.63) is 83.2 Å². The number of carbonyl (C=O) groups excluding carboxylic acids is 2. The van der Waals surface area contributed by atoms with Gasteiger partial charge in [-0.2, -0.15) is 18.3 Å². The summed E-state index contributed by atoms with van der Waals surface area (Å²) >= 11 is 1.41. The SMILES string of the molecule is CSc1ncccc1C(=O)Nc1ccc(C2CCN(C(=O)c3ccc4n[nH]c(C(F)(F)F)c4c3)CC2)cc1. The van der Waals surface area contributed by atoms with Crippen molar-refractivity contribution in [2.75, 3.05) is 24.7 Å². The van der Waals surface area contributed by atoms with Crippen LogP contribution in [0, 0.1) is 0 Å². The highest BCUT2D eigenvalue weighted by Crippen LogP contribution is 2.34. The lowest BCUT2D eigenvalue weighted by atomic mass is 9.89. The molecule has 2 aromatic heterocycles. The number of aromatic amines is 1. The van der Waals surface area contributed by atoms with Gasteiger partial charge in [-0.1, -0.05) is 12.1 Å². The number of hydrogen-bond acceptors (Lipinski definition) is 5. The minimum atomic E-state index is -4.58. The van der Waals surface area contributed by atoms with Crippen LogP contribution in [0.4, 0.5) is 18.9 Å². The zero-order valence-electron chi connectivity index (χ0n) is 20.4. The average molecular weight is 540 g/mol. The van der Waals surface area contributed by atoms with Gasteiger partial charge in [0.05, 0.1) is 11.1 Å². The number of H-pyrrole nitrogens is 1. The molecule has 0 saturated carbocycles. The van der Waals surface area contributed by atoms with Crippen LogP contribution in [0.25, 0.3) is 10.9 Å². The van der Waals surface area contributed by atoms with Crippen molar-refractivity contribution < 1.29 is 22.8 Å². The van der Waals surface area contributed by atoms with Crippen molar-refractivity contribution in [3.63, 3.8) is 0 Å². The molecular weight excluding hydrogens is 515 g/mol. The number of anilines is 1. The predicted octanol–water partition coefficient (Wildman–Crippen LogP) is 5.97. The van der Waals surface area contributed by atoms with Gasteiger partial charge >= 0.3 is 6.18 Å². The van der Waals surface area contributed by atoms with Crippen molar-refractivity contribution in [2.45, 2.75) is 30.0 Å². The number of likely N-dealkylation sites (tertiary alicyclic amines) is 1. The van der Waals surface area contributed by atoms with Gasteiger partial charge in [-0.05, 0) is 73.0 Å². The van der Waals surface area contributed by atoms with E-state index in [1.54, 1.807) is 23.2 Å². The van der Waals surface area contributed by atoms with Crippen LogP contribution in [0.2, 0.25) is 0 Å². The molecule has 1 fully saturated rings. The fourth-order valence-electron chi connectivity index (χ4n) is 4.72. The van der Waals surface area contributed by atoms with E-state index in [1.807, 2.05) is 35.6 Å². The van der Waals surface area contributed by atoms with Gasteiger partial charge in [0.2, 0.25) is 0 Å². The molecule has 0 radical (unpaired) electrons. The van der Waals surface area contributed by atoms with Crippen LogP contribution in [0.15, 0.2) is 65.8 Å². The summed E-state index contributed by atoms with van der Waals surface area (Å²) in [4.78, 5) is 31.6. The Bertz CT molecular complexity index is 1480. The van der Waals surface area contributed by atoms with E-state index in [2.05, 4.69) is 15.4 Å². The summed E-state index contributed by atoms with van der Waals surface area (Å²) in [6.45, 7) is 0.992. The molecule has 0 unspecified atom stereocenters. The maximum absolute atomic E-state index is 13.2. The van der Waals surface area contributed by atoms with Crippen molar-refractivity contribution in [1.29, 1.82) is 0 Å². The Balaban J connectivity index is 1.21. The Kier molecular flexibility index (Phi) is 7.11. The molecule has 0 bridgehead atoms. The van der Waals surface area contributed by atoms with Gasteiger partial charge in [-0.3, -0.25) is 14.7 Å². The molecule has 0 atom stereocenters. The van der Waals surface area contributed by atoms with Gasteiger partial charge in [-0.15, -0.1) is 11.8 Å². The lowest BCUT2D eigenvalue weighted by Crippen LogP contribution is -2.37. The van der Waals surface area contributed by atoms with Crippen molar-refractivity contribution >= 4 is 40.2 Å². The van der Waals surface area contributed by atoms with Crippen LogP contribution >= 0.6 is 11.8 Å². The van der Waals surface area contributed by atoms with Gasteiger partial charge < -0.3 is 10.2 Å². The first kappa shape index (κ1) is 25.8. The first-order valence-electron chi connectivity index (χ1n) is 12.0. The van der Waals surface area contributed by atoms with Crippen LogP contribution in [0.3, 0.4) is 0 Å². The molecule has 7 nitrogen and oxygen atoms in total. The summed E-state index contributed by atoms with van der Waals surface area (Å²) in [6.07, 6.45) is 0.397. The smallest absolute Gasteiger partial charge is 0.339 e. The Morgan fingerprint density at radius 3 is 2.50 bits per heavy atom. The van der Waals surface area contributed by atoms with E-state index in [0.717, 1.165) is 18.4 Å². The number of alkyl halides is 3. The lowest BCUT2D eigenvalue weighted by Gasteiger charge is -2.32. The maximum Gasteiger partial charge on any atom is 0.433 e. The third kappa shape index (κ3) is 5.24. The van der Waals surface area contributed by atoms with E-state index in [1.165, 1.54) is 30.0 Å². The van der Waals surface area contributed by atoms with Crippen LogP contribution in [0.1, 0.15) is 50.7 Å². The molecule has 2 aromatic carbocycles. The topological polar surface area (TPSA) is 91.0 Å². The molecule has 3 heterocycles. The van der Waals surface area contributed by atoms with E-state index >= 15 is 0 Å². The summed E-state index contributed by atoms with van der Waals surface area (Å²) in [7, 11) is 0. The van der Waals surface area contributed by atoms with Gasteiger partial charge in [0, 0.05) is 35.9 Å². The highest BCUT2D eigenvalue weighted by Gasteiger charge is 2.35. The zero-order valence-corrected chi connectivity index (χ0v) is 21.2. The van der Waals surface area contributed by atoms with Crippen molar-refractivity contribution in [1.82, 2.24) is 20.1 Å².